The second-order valence-corrected chi connectivity index (χ2v) is 5.96. The molecule has 0 aromatic heterocycles. The second-order valence-electron chi connectivity index (χ2n) is 5.10. The Morgan fingerprint density at radius 1 is 1.21 bits per heavy atom. The van der Waals surface area contributed by atoms with Crippen LogP contribution in [0.4, 0.5) is 0 Å². The number of benzene rings is 1. The van der Waals surface area contributed by atoms with Crippen molar-refractivity contribution < 1.29 is 4.74 Å². The van der Waals surface area contributed by atoms with E-state index in [1.165, 1.54) is 37.7 Å². The van der Waals surface area contributed by atoms with Crippen molar-refractivity contribution in [2.24, 2.45) is 5.73 Å². The highest BCUT2D eigenvalue weighted by Gasteiger charge is 2.14. The van der Waals surface area contributed by atoms with E-state index in [4.69, 9.17) is 10.5 Å². The summed E-state index contributed by atoms with van der Waals surface area (Å²) in [5, 5.41) is 0. The summed E-state index contributed by atoms with van der Waals surface area (Å²) in [5.41, 5.74) is 8.96. The van der Waals surface area contributed by atoms with E-state index in [1.54, 1.807) is 7.11 Å². The van der Waals surface area contributed by atoms with E-state index in [1.807, 2.05) is 6.07 Å². The van der Waals surface area contributed by atoms with E-state index in [0.717, 1.165) is 22.2 Å². The van der Waals surface area contributed by atoms with Crippen molar-refractivity contribution in [3.8, 4) is 5.75 Å². The van der Waals surface area contributed by atoms with Gasteiger partial charge in [-0.2, -0.15) is 0 Å². The zero-order valence-corrected chi connectivity index (χ0v) is 13.1. The first-order valence-corrected chi connectivity index (χ1v) is 7.79. The van der Waals surface area contributed by atoms with Crippen molar-refractivity contribution in [3.05, 3.63) is 39.9 Å². The van der Waals surface area contributed by atoms with Crippen molar-refractivity contribution in [1.82, 2.24) is 0 Å². The van der Waals surface area contributed by atoms with Crippen LogP contribution in [-0.4, -0.2) is 7.11 Å². The third kappa shape index (κ3) is 3.83. The fourth-order valence-electron chi connectivity index (χ4n) is 2.59. The molecule has 0 aliphatic heterocycles. The molecule has 1 aliphatic rings. The minimum Gasteiger partial charge on any atom is -0.496 e. The summed E-state index contributed by atoms with van der Waals surface area (Å²) < 4.78 is 6.23. The monoisotopic (exact) mass is 323 g/mol. The molecule has 0 amide bonds. The maximum Gasteiger partial charge on any atom is 0.133 e. The maximum absolute atomic E-state index is 6.42. The lowest BCUT2D eigenvalue weighted by Gasteiger charge is -2.19. The van der Waals surface area contributed by atoms with Crippen molar-refractivity contribution in [2.45, 2.75) is 44.6 Å². The molecular formula is C16H22BrNO. The summed E-state index contributed by atoms with van der Waals surface area (Å²) in [7, 11) is 1.68. The van der Waals surface area contributed by atoms with Gasteiger partial charge in [-0.15, -0.1) is 0 Å². The first-order chi connectivity index (χ1) is 9.22. The molecule has 0 spiro atoms. The Morgan fingerprint density at radius 3 is 2.74 bits per heavy atom. The Labute approximate surface area is 124 Å². The first-order valence-electron chi connectivity index (χ1n) is 7.00. The molecule has 0 bridgehead atoms. The van der Waals surface area contributed by atoms with Gasteiger partial charge in [0.15, 0.2) is 0 Å². The molecule has 104 valence electrons. The molecule has 2 N–H and O–H groups in total. The second kappa shape index (κ2) is 7.11. The highest BCUT2D eigenvalue weighted by atomic mass is 79.9. The SMILES string of the molecule is COc1ccc(C(N)/C2=C/CCCCCC2)cc1Br. The molecule has 0 fully saturated rings. The summed E-state index contributed by atoms with van der Waals surface area (Å²) in [4.78, 5) is 0. The molecule has 1 aromatic carbocycles. The highest BCUT2D eigenvalue weighted by Crippen LogP contribution is 2.32. The molecule has 0 saturated heterocycles. The molecule has 19 heavy (non-hydrogen) atoms. The quantitative estimate of drug-likeness (QED) is 0.815. The molecule has 3 heteroatoms. The molecule has 2 nitrogen and oxygen atoms in total. The van der Waals surface area contributed by atoms with Crippen LogP contribution in [0.5, 0.6) is 5.75 Å². The minimum absolute atomic E-state index is 0.0142. The van der Waals surface area contributed by atoms with Gasteiger partial charge < -0.3 is 10.5 Å². The van der Waals surface area contributed by atoms with E-state index >= 15 is 0 Å². The minimum atomic E-state index is 0.0142. The summed E-state index contributed by atoms with van der Waals surface area (Å²) in [6, 6.07) is 6.13. The lowest BCUT2D eigenvalue weighted by atomic mass is 9.91. The van der Waals surface area contributed by atoms with Gasteiger partial charge in [-0.05, 0) is 59.3 Å². The van der Waals surface area contributed by atoms with Crippen molar-refractivity contribution in [2.75, 3.05) is 7.11 Å². The van der Waals surface area contributed by atoms with Gasteiger partial charge in [-0.25, -0.2) is 0 Å². The summed E-state index contributed by atoms with van der Waals surface area (Å²) in [6.45, 7) is 0. The van der Waals surface area contributed by atoms with Crippen LogP contribution in [0.25, 0.3) is 0 Å². The van der Waals surface area contributed by atoms with Crippen LogP contribution in [-0.2, 0) is 0 Å². The van der Waals surface area contributed by atoms with Crippen molar-refractivity contribution in [3.63, 3.8) is 0 Å². The summed E-state index contributed by atoms with van der Waals surface area (Å²) in [6.07, 6.45) is 9.88. The molecule has 1 atom stereocenters. The van der Waals surface area contributed by atoms with Crippen LogP contribution in [0.15, 0.2) is 34.3 Å². The number of nitrogens with two attached hydrogens (primary N) is 1. The lowest BCUT2D eigenvalue weighted by molar-refractivity contribution is 0.412. The molecule has 1 unspecified atom stereocenters. The van der Waals surface area contributed by atoms with E-state index in [-0.39, 0.29) is 6.04 Å². The lowest BCUT2D eigenvalue weighted by Crippen LogP contribution is -2.14. The number of hydrogen-bond donors (Lipinski definition) is 1. The molecule has 0 heterocycles. The average molecular weight is 324 g/mol. The van der Waals surface area contributed by atoms with Gasteiger partial charge in [0.05, 0.1) is 17.6 Å². The van der Waals surface area contributed by atoms with Crippen LogP contribution in [0.1, 0.15) is 50.1 Å². The third-order valence-electron chi connectivity index (χ3n) is 3.76. The van der Waals surface area contributed by atoms with E-state index in [2.05, 4.69) is 34.1 Å². The fraction of sp³-hybridized carbons (Fsp3) is 0.500. The maximum atomic E-state index is 6.42. The van der Waals surface area contributed by atoms with Gasteiger partial charge in [0.1, 0.15) is 5.75 Å². The summed E-state index contributed by atoms with van der Waals surface area (Å²) in [5.74, 6) is 0.850. The van der Waals surface area contributed by atoms with Crippen LogP contribution in [0, 0.1) is 0 Å². The third-order valence-corrected chi connectivity index (χ3v) is 4.38. The Bertz CT molecular complexity index is 456. The Morgan fingerprint density at radius 2 is 2.00 bits per heavy atom. The number of halogens is 1. The fourth-order valence-corrected chi connectivity index (χ4v) is 3.15. The van der Waals surface area contributed by atoms with Gasteiger partial charge in [-0.3, -0.25) is 0 Å². The number of ether oxygens (including phenoxy) is 1. The van der Waals surface area contributed by atoms with E-state index in [9.17, 15) is 0 Å². The Hall–Kier alpha value is -0.800. The van der Waals surface area contributed by atoms with Gasteiger partial charge in [0.25, 0.3) is 0 Å². The van der Waals surface area contributed by atoms with Gasteiger partial charge >= 0.3 is 0 Å². The Balaban J connectivity index is 2.17. The van der Waals surface area contributed by atoms with Gasteiger partial charge in [0, 0.05) is 0 Å². The molecule has 0 saturated carbocycles. The predicted molar refractivity (Wildman–Crippen MR) is 83.4 cm³/mol. The number of methoxy groups -OCH3 is 1. The molecular weight excluding hydrogens is 302 g/mol. The zero-order chi connectivity index (χ0) is 13.7. The van der Waals surface area contributed by atoms with E-state index < -0.39 is 0 Å². The summed E-state index contributed by atoms with van der Waals surface area (Å²) >= 11 is 3.53. The molecule has 1 aromatic rings. The van der Waals surface area contributed by atoms with Crippen molar-refractivity contribution in [1.29, 1.82) is 0 Å². The van der Waals surface area contributed by atoms with Gasteiger partial charge in [-0.1, -0.05) is 30.6 Å². The molecule has 0 radical (unpaired) electrons. The molecule has 2 rings (SSSR count). The first kappa shape index (κ1) is 14.6. The van der Waals surface area contributed by atoms with Crippen LogP contribution in [0.2, 0.25) is 0 Å². The normalized spacial score (nSPS) is 20.9. The number of hydrogen-bond acceptors (Lipinski definition) is 2. The highest BCUT2D eigenvalue weighted by molar-refractivity contribution is 9.10. The smallest absolute Gasteiger partial charge is 0.133 e. The Kier molecular flexibility index (Phi) is 5.46. The standard InChI is InChI=1S/C16H22BrNO/c1-19-15-10-9-13(11-14(15)17)16(18)12-7-5-3-2-4-6-8-12/h7,9-11,16H,2-6,8,18H2,1H3/b12-7+. The van der Waals surface area contributed by atoms with Crippen LogP contribution < -0.4 is 10.5 Å². The number of allylic oxidation sites excluding steroid dienone is 1. The number of rotatable bonds is 3. The average Bonchev–Trinajstić information content (AvgIpc) is 2.37. The molecule has 1 aliphatic carbocycles. The van der Waals surface area contributed by atoms with E-state index in [0.29, 0.717) is 0 Å². The van der Waals surface area contributed by atoms with Crippen LogP contribution in [0.3, 0.4) is 0 Å². The van der Waals surface area contributed by atoms with Crippen molar-refractivity contribution >= 4 is 15.9 Å². The largest absolute Gasteiger partial charge is 0.496 e. The zero-order valence-electron chi connectivity index (χ0n) is 11.5. The predicted octanol–water partition coefficient (Wildman–Crippen LogP) is 4.74. The van der Waals surface area contributed by atoms with Gasteiger partial charge in [0.2, 0.25) is 0 Å². The topological polar surface area (TPSA) is 35.2 Å². The van der Waals surface area contributed by atoms with Crippen LogP contribution >= 0.6 is 15.9 Å².